The predicted molar refractivity (Wildman–Crippen MR) is 121 cm³/mol. The minimum atomic E-state index is -4.45. The summed E-state index contributed by atoms with van der Waals surface area (Å²) in [5.74, 6) is 0.332. The molecule has 1 aliphatic rings. The zero-order valence-electron chi connectivity index (χ0n) is 18.7. The molecule has 0 unspecified atom stereocenters. The Hall–Kier alpha value is -3.14. The number of benzene rings is 1. The van der Waals surface area contributed by atoms with Gasteiger partial charge >= 0.3 is 6.18 Å². The number of piperidine rings is 1. The van der Waals surface area contributed by atoms with E-state index in [2.05, 4.69) is 15.7 Å². The van der Waals surface area contributed by atoms with E-state index >= 15 is 0 Å². The summed E-state index contributed by atoms with van der Waals surface area (Å²) in [5.41, 5.74) is -0.754. The number of hydrogen-bond donors (Lipinski definition) is 2. The molecule has 2 N–H and O–H groups in total. The van der Waals surface area contributed by atoms with Crippen LogP contribution in [0.1, 0.15) is 48.5 Å². The predicted octanol–water partition coefficient (Wildman–Crippen LogP) is 3.52. The molecule has 0 radical (unpaired) electrons. The summed E-state index contributed by atoms with van der Waals surface area (Å²) in [6.07, 6.45) is -1.24. The first-order valence-corrected chi connectivity index (χ1v) is 10.8. The Kier molecular flexibility index (Phi) is 6.04. The molecule has 0 aliphatic carbocycles. The second-order valence-electron chi connectivity index (χ2n) is 8.49. The van der Waals surface area contributed by atoms with Crippen molar-refractivity contribution in [2.24, 2.45) is 7.05 Å². The first-order valence-electron chi connectivity index (χ1n) is 10.8. The van der Waals surface area contributed by atoms with Crippen molar-refractivity contribution >= 4 is 16.6 Å². The van der Waals surface area contributed by atoms with Crippen LogP contribution in [0.3, 0.4) is 0 Å². The highest BCUT2D eigenvalue weighted by molar-refractivity contribution is 5.90. The molecule has 4 rings (SSSR count). The van der Waals surface area contributed by atoms with Crippen LogP contribution in [-0.4, -0.2) is 27.4 Å². The molecule has 1 saturated heterocycles. The monoisotopic (exact) mass is 461 g/mol. The number of fused-ring (bicyclic) bond motifs is 1. The van der Waals surface area contributed by atoms with Gasteiger partial charge in [0, 0.05) is 30.7 Å². The van der Waals surface area contributed by atoms with Crippen molar-refractivity contribution in [1.29, 1.82) is 0 Å². The second-order valence-corrected chi connectivity index (χ2v) is 8.49. The van der Waals surface area contributed by atoms with Gasteiger partial charge in [-0.1, -0.05) is 12.1 Å². The van der Waals surface area contributed by atoms with Gasteiger partial charge in [-0.25, -0.2) is 4.68 Å². The number of hydrogen-bond acceptors (Lipinski definition) is 5. The van der Waals surface area contributed by atoms with E-state index in [-0.39, 0.29) is 22.6 Å². The van der Waals surface area contributed by atoms with Crippen LogP contribution in [0.4, 0.5) is 19.0 Å². The third kappa shape index (κ3) is 4.39. The van der Waals surface area contributed by atoms with Gasteiger partial charge < -0.3 is 15.2 Å². The van der Waals surface area contributed by atoms with Crippen molar-refractivity contribution in [1.82, 2.24) is 19.7 Å². The van der Waals surface area contributed by atoms with Crippen molar-refractivity contribution in [2.45, 2.75) is 44.9 Å². The standard InChI is InChI=1S/C23H26F3N5O2/c1-13-16(5-4-6-19(13)23(24,25)26)14(2)28-21-18-12-31(15-7-9-27-10-8-15)20(32)11-17(18)22(33)30(3)29-21/h4-6,11-12,14-15,27H,7-10H2,1-3H3,(H,28,29)/t14-/m1/s1. The molecule has 0 amide bonds. The van der Waals surface area contributed by atoms with Gasteiger partial charge in [-0.2, -0.15) is 18.3 Å². The van der Waals surface area contributed by atoms with Crippen LogP contribution in [0.25, 0.3) is 10.8 Å². The molecule has 1 aromatic carbocycles. The van der Waals surface area contributed by atoms with Gasteiger partial charge in [0.25, 0.3) is 11.1 Å². The normalized spacial score (nSPS) is 16.2. The highest BCUT2D eigenvalue weighted by Gasteiger charge is 2.33. The summed E-state index contributed by atoms with van der Waals surface area (Å²) in [4.78, 5) is 25.4. The summed E-state index contributed by atoms with van der Waals surface area (Å²) < 4.78 is 42.9. The molecule has 3 aromatic rings. The number of aromatic nitrogens is 3. The van der Waals surface area contributed by atoms with Crippen LogP contribution < -0.4 is 21.8 Å². The summed E-state index contributed by atoms with van der Waals surface area (Å²) in [6, 6.07) is 4.88. The number of rotatable bonds is 4. The number of nitrogens with zero attached hydrogens (tertiary/aromatic N) is 3. The number of aryl methyl sites for hydroxylation is 1. The molecule has 10 heteroatoms. The van der Waals surface area contributed by atoms with Crippen LogP contribution in [0.2, 0.25) is 0 Å². The second kappa shape index (κ2) is 8.66. The molecule has 1 fully saturated rings. The van der Waals surface area contributed by atoms with E-state index in [1.807, 2.05) is 0 Å². The third-order valence-electron chi connectivity index (χ3n) is 6.31. The highest BCUT2D eigenvalue weighted by atomic mass is 19.4. The lowest BCUT2D eigenvalue weighted by Crippen LogP contribution is -2.34. The summed E-state index contributed by atoms with van der Waals surface area (Å²) in [7, 11) is 1.48. The fourth-order valence-electron chi connectivity index (χ4n) is 4.53. The minimum Gasteiger partial charge on any atom is -0.362 e. The van der Waals surface area contributed by atoms with E-state index in [1.54, 1.807) is 23.8 Å². The van der Waals surface area contributed by atoms with Crippen LogP contribution in [-0.2, 0) is 13.2 Å². The molecule has 7 nitrogen and oxygen atoms in total. The van der Waals surface area contributed by atoms with Crippen LogP contribution in [0, 0.1) is 6.92 Å². The highest BCUT2D eigenvalue weighted by Crippen LogP contribution is 2.35. The van der Waals surface area contributed by atoms with E-state index in [9.17, 15) is 22.8 Å². The average Bonchev–Trinajstić information content (AvgIpc) is 2.77. The van der Waals surface area contributed by atoms with Crippen molar-refractivity contribution in [3.63, 3.8) is 0 Å². The SMILES string of the molecule is Cc1c([C@@H](C)Nc2nn(C)c(=O)c3cc(=O)n(C4CCNCC4)cc23)cccc1C(F)(F)F. The van der Waals surface area contributed by atoms with E-state index in [1.165, 1.54) is 26.1 Å². The largest absolute Gasteiger partial charge is 0.416 e. The van der Waals surface area contributed by atoms with Gasteiger partial charge in [-0.05, 0) is 57.0 Å². The maximum Gasteiger partial charge on any atom is 0.416 e. The number of nitrogens with one attached hydrogen (secondary N) is 2. The Balaban J connectivity index is 1.80. The van der Waals surface area contributed by atoms with E-state index < -0.39 is 23.3 Å². The molecular weight excluding hydrogens is 435 g/mol. The minimum absolute atomic E-state index is 0.00296. The Bertz CT molecular complexity index is 1310. The molecule has 0 spiro atoms. The van der Waals surface area contributed by atoms with Crippen molar-refractivity contribution in [2.75, 3.05) is 18.4 Å². The zero-order chi connectivity index (χ0) is 23.9. The lowest BCUT2D eigenvalue weighted by atomic mass is 9.97. The van der Waals surface area contributed by atoms with E-state index in [0.29, 0.717) is 16.8 Å². The number of alkyl halides is 3. The Labute approximate surface area is 188 Å². The van der Waals surface area contributed by atoms with Crippen molar-refractivity contribution < 1.29 is 13.2 Å². The lowest BCUT2D eigenvalue weighted by Gasteiger charge is -2.25. The van der Waals surface area contributed by atoms with Crippen LogP contribution >= 0.6 is 0 Å². The van der Waals surface area contributed by atoms with Crippen LogP contribution in [0.5, 0.6) is 0 Å². The number of anilines is 1. The van der Waals surface area contributed by atoms with Gasteiger partial charge in [-0.3, -0.25) is 9.59 Å². The van der Waals surface area contributed by atoms with Crippen LogP contribution in [0.15, 0.2) is 40.1 Å². The first kappa shape index (κ1) is 23.0. The third-order valence-corrected chi connectivity index (χ3v) is 6.31. The maximum absolute atomic E-state index is 13.4. The summed E-state index contributed by atoms with van der Waals surface area (Å²) in [6.45, 7) is 4.77. The molecule has 0 saturated carbocycles. The topological polar surface area (TPSA) is 81.0 Å². The quantitative estimate of drug-likeness (QED) is 0.622. The molecule has 3 heterocycles. The molecule has 2 aromatic heterocycles. The smallest absolute Gasteiger partial charge is 0.362 e. The average molecular weight is 461 g/mol. The van der Waals surface area contributed by atoms with Gasteiger partial charge in [0.15, 0.2) is 5.82 Å². The summed E-state index contributed by atoms with van der Waals surface area (Å²) >= 11 is 0. The number of pyridine rings is 1. The van der Waals surface area contributed by atoms with Crippen molar-refractivity contribution in [3.05, 3.63) is 67.9 Å². The van der Waals surface area contributed by atoms with Gasteiger partial charge in [0.05, 0.1) is 17.0 Å². The number of halogens is 3. The van der Waals surface area contributed by atoms with Gasteiger partial charge in [-0.15, -0.1) is 0 Å². The zero-order valence-corrected chi connectivity index (χ0v) is 18.7. The maximum atomic E-state index is 13.4. The van der Waals surface area contributed by atoms with E-state index in [4.69, 9.17) is 0 Å². The lowest BCUT2D eigenvalue weighted by molar-refractivity contribution is -0.138. The van der Waals surface area contributed by atoms with Gasteiger partial charge in [0.2, 0.25) is 0 Å². The molecule has 33 heavy (non-hydrogen) atoms. The fraction of sp³-hybridized carbons (Fsp3) is 0.435. The Morgan fingerprint density at radius 1 is 1.18 bits per heavy atom. The molecule has 176 valence electrons. The Morgan fingerprint density at radius 3 is 2.55 bits per heavy atom. The molecular formula is C23H26F3N5O2. The summed E-state index contributed by atoms with van der Waals surface area (Å²) in [5, 5.41) is 11.4. The van der Waals surface area contributed by atoms with E-state index in [0.717, 1.165) is 36.7 Å². The molecule has 1 aliphatic heterocycles. The van der Waals surface area contributed by atoms with Crippen molar-refractivity contribution in [3.8, 4) is 0 Å². The Morgan fingerprint density at radius 2 is 1.88 bits per heavy atom. The molecule has 0 bridgehead atoms. The van der Waals surface area contributed by atoms with Gasteiger partial charge in [0.1, 0.15) is 0 Å². The first-order chi connectivity index (χ1) is 15.6. The molecule has 1 atom stereocenters. The fourth-order valence-corrected chi connectivity index (χ4v) is 4.53.